The highest BCUT2D eigenvalue weighted by molar-refractivity contribution is 6.30. The molecule has 3 aromatic rings. The molecule has 0 aliphatic carbocycles. The molecule has 168 valence electrons. The second-order valence-corrected chi connectivity index (χ2v) is 10.1. The van der Waals surface area contributed by atoms with Gasteiger partial charge < -0.3 is 9.64 Å². The first-order valence-corrected chi connectivity index (χ1v) is 11.8. The average Bonchev–Trinajstić information content (AvgIpc) is 2.79. The highest BCUT2D eigenvalue weighted by Gasteiger charge is 2.28. The fourth-order valence-electron chi connectivity index (χ4n) is 4.26. The Hall–Kier alpha value is -2.49. The van der Waals surface area contributed by atoms with E-state index in [1.165, 1.54) is 16.8 Å². The molecule has 1 unspecified atom stereocenters. The lowest BCUT2D eigenvalue weighted by molar-refractivity contribution is 0.174. The summed E-state index contributed by atoms with van der Waals surface area (Å²) in [6.45, 7) is 11.4. The summed E-state index contributed by atoms with van der Waals surface area (Å²) in [6.07, 6.45) is 0. The molecule has 0 amide bonds. The predicted molar refractivity (Wildman–Crippen MR) is 135 cm³/mol. The van der Waals surface area contributed by atoms with Crippen molar-refractivity contribution in [2.75, 3.05) is 31.1 Å². The van der Waals surface area contributed by atoms with Gasteiger partial charge in [-0.25, -0.2) is 0 Å². The van der Waals surface area contributed by atoms with E-state index in [1.54, 1.807) is 0 Å². The zero-order valence-electron chi connectivity index (χ0n) is 19.3. The zero-order valence-corrected chi connectivity index (χ0v) is 20.1. The number of hydrogen-bond donors (Lipinski definition) is 0. The highest BCUT2D eigenvalue weighted by atomic mass is 35.5. The van der Waals surface area contributed by atoms with Crippen LogP contribution in [0.1, 0.15) is 31.9 Å². The lowest BCUT2D eigenvalue weighted by atomic mass is 9.87. The number of hydrogen-bond acceptors (Lipinski definition) is 3. The molecule has 1 aliphatic heterocycles. The van der Waals surface area contributed by atoms with E-state index in [9.17, 15) is 0 Å². The van der Waals surface area contributed by atoms with Gasteiger partial charge in [0.25, 0.3) is 0 Å². The maximum absolute atomic E-state index is 6.20. The summed E-state index contributed by atoms with van der Waals surface area (Å²) in [5.41, 5.74) is 4.14. The predicted octanol–water partition coefficient (Wildman–Crippen LogP) is 6.41. The van der Waals surface area contributed by atoms with Crippen LogP contribution in [0.15, 0.2) is 78.9 Å². The van der Waals surface area contributed by atoms with Crippen LogP contribution in [0.5, 0.6) is 5.75 Å². The first kappa shape index (κ1) is 22.7. The van der Waals surface area contributed by atoms with Gasteiger partial charge >= 0.3 is 0 Å². The maximum atomic E-state index is 6.20. The Morgan fingerprint density at radius 2 is 1.56 bits per heavy atom. The normalized spacial score (nSPS) is 17.4. The number of piperazine rings is 1. The number of ether oxygens (including phenoxy) is 1. The van der Waals surface area contributed by atoms with Crippen molar-refractivity contribution >= 4 is 17.3 Å². The quantitative estimate of drug-likeness (QED) is 0.433. The van der Waals surface area contributed by atoms with Gasteiger partial charge in [-0.3, -0.25) is 4.90 Å². The molecule has 1 fully saturated rings. The van der Waals surface area contributed by atoms with Crippen LogP contribution in [-0.4, -0.2) is 37.2 Å². The van der Waals surface area contributed by atoms with E-state index in [0.29, 0.717) is 6.61 Å². The summed E-state index contributed by atoms with van der Waals surface area (Å²) < 4.78 is 6.20. The molecule has 3 aromatic carbocycles. The van der Waals surface area contributed by atoms with Gasteiger partial charge in [-0.05, 0) is 52.9 Å². The molecule has 0 aromatic heterocycles. The van der Waals surface area contributed by atoms with Crippen LogP contribution < -0.4 is 9.64 Å². The molecule has 0 spiro atoms. The van der Waals surface area contributed by atoms with E-state index < -0.39 is 0 Å². The van der Waals surface area contributed by atoms with Crippen molar-refractivity contribution in [3.8, 4) is 5.75 Å². The van der Waals surface area contributed by atoms with Crippen LogP contribution in [-0.2, 0) is 12.0 Å². The minimum Gasteiger partial charge on any atom is -0.491 e. The molecule has 4 heteroatoms. The molecule has 1 aliphatic rings. The molecule has 0 saturated carbocycles. The van der Waals surface area contributed by atoms with Crippen molar-refractivity contribution in [3.63, 3.8) is 0 Å². The van der Waals surface area contributed by atoms with E-state index >= 15 is 0 Å². The fourth-order valence-corrected chi connectivity index (χ4v) is 4.39. The van der Waals surface area contributed by atoms with Crippen molar-refractivity contribution in [1.82, 2.24) is 4.90 Å². The number of rotatable bonds is 6. The Bertz CT molecular complexity index is 981. The molecule has 3 nitrogen and oxygen atoms in total. The number of nitrogens with zero attached hydrogens (tertiary/aromatic N) is 2. The molecule has 32 heavy (non-hydrogen) atoms. The lowest BCUT2D eigenvalue weighted by Crippen LogP contribution is -2.55. The Balaban J connectivity index is 1.50. The van der Waals surface area contributed by atoms with Crippen LogP contribution in [0.4, 0.5) is 5.69 Å². The Morgan fingerprint density at radius 3 is 2.22 bits per heavy atom. The van der Waals surface area contributed by atoms with E-state index in [4.69, 9.17) is 16.3 Å². The zero-order chi connectivity index (χ0) is 22.6. The Kier molecular flexibility index (Phi) is 7.07. The monoisotopic (exact) mass is 448 g/mol. The smallest absolute Gasteiger partial charge is 0.119 e. The molecule has 0 radical (unpaired) electrons. The van der Waals surface area contributed by atoms with E-state index in [1.807, 2.05) is 24.3 Å². The first-order chi connectivity index (χ1) is 15.4. The van der Waals surface area contributed by atoms with Gasteiger partial charge in [-0.15, -0.1) is 0 Å². The van der Waals surface area contributed by atoms with Crippen LogP contribution in [0.25, 0.3) is 0 Å². The summed E-state index contributed by atoms with van der Waals surface area (Å²) >= 11 is 6.03. The Morgan fingerprint density at radius 1 is 0.875 bits per heavy atom. The molecular weight excluding hydrogens is 416 g/mol. The van der Waals surface area contributed by atoms with E-state index in [0.717, 1.165) is 37.0 Å². The summed E-state index contributed by atoms with van der Waals surface area (Å²) in [5, 5.41) is 0.726. The number of anilines is 1. The third-order valence-corrected chi connectivity index (χ3v) is 6.39. The first-order valence-electron chi connectivity index (χ1n) is 11.4. The molecule has 4 rings (SSSR count). The van der Waals surface area contributed by atoms with Crippen LogP contribution >= 0.6 is 11.6 Å². The lowest BCUT2D eigenvalue weighted by Gasteiger charge is -2.43. The topological polar surface area (TPSA) is 15.7 Å². The SMILES string of the molecule is CC(C)(C)c1ccc(N2CCN(Cc3ccccc3)CC2COc2ccc(Cl)cc2)cc1. The fraction of sp³-hybridized carbons (Fsp3) is 0.357. The van der Waals surface area contributed by atoms with Gasteiger partial charge in [0.2, 0.25) is 0 Å². The summed E-state index contributed by atoms with van der Waals surface area (Å²) in [4.78, 5) is 5.04. The standard InChI is InChI=1S/C28H33ClN2O/c1-28(2,3)23-9-13-25(14-10-23)31-18-17-30(19-22-7-5-4-6-8-22)20-26(31)21-32-27-15-11-24(29)12-16-27/h4-16,26H,17-21H2,1-3H3. The van der Waals surface area contributed by atoms with Gasteiger partial charge in [0.15, 0.2) is 0 Å². The minimum absolute atomic E-state index is 0.157. The summed E-state index contributed by atoms with van der Waals surface area (Å²) in [6, 6.07) is 27.7. The third-order valence-electron chi connectivity index (χ3n) is 6.14. The van der Waals surface area contributed by atoms with Crippen molar-refractivity contribution < 1.29 is 4.74 Å². The minimum atomic E-state index is 0.157. The van der Waals surface area contributed by atoms with E-state index in [2.05, 4.69) is 85.2 Å². The van der Waals surface area contributed by atoms with Gasteiger partial charge in [0.05, 0.1) is 6.04 Å². The largest absolute Gasteiger partial charge is 0.491 e. The molecule has 0 bridgehead atoms. The van der Waals surface area contributed by atoms with E-state index in [-0.39, 0.29) is 11.5 Å². The molecule has 1 atom stereocenters. The van der Waals surface area contributed by atoms with Crippen LogP contribution in [0.2, 0.25) is 5.02 Å². The van der Waals surface area contributed by atoms with Gasteiger partial charge in [0, 0.05) is 36.9 Å². The number of halogens is 1. The third kappa shape index (κ3) is 5.85. The van der Waals surface area contributed by atoms with Crippen molar-refractivity contribution in [2.24, 2.45) is 0 Å². The molecule has 0 N–H and O–H groups in total. The van der Waals surface area contributed by atoms with Crippen molar-refractivity contribution in [3.05, 3.63) is 95.0 Å². The van der Waals surface area contributed by atoms with Crippen molar-refractivity contribution in [2.45, 2.75) is 38.8 Å². The van der Waals surface area contributed by atoms with Gasteiger partial charge in [-0.2, -0.15) is 0 Å². The average molecular weight is 449 g/mol. The number of benzene rings is 3. The second kappa shape index (κ2) is 9.97. The summed E-state index contributed by atoms with van der Waals surface area (Å²) in [7, 11) is 0. The van der Waals surface area contributed by atoms with Crippen LogP contribution in [0.3, 0.4) is 0 Å². The second-order valence-electron chi connectivity index (χ2n) is 9.63. The highest BCUT2D eigenvalue weighted by Crippen LogP contribution is 2.28. The Labute approximate surface area is 197 Å². The van der Waals surface area contributed by atoms with Crippen LogP contribution in [0, 0.1) is 0 Å². The maximum Gasteiger partial charge on any atom is 0.119 e. The van der Waals surface area contributed by atoms with Gasteiger partial charge in [-0.1, -0.05) is 74.8 Å². The molecule has 1 heterocycles. The van der Waals surface area contributed by atoms with Gasteiger partial charge in [0.1, 0.15) is 12.4 Å². The molecular formula is C28H33ClN2O. The molecule has 1 saturated heterocycles. The summed E-state index contributed by atoms with van der Waals surface area (Å²) in [5.74, 6) is 0.859. The van der Waals surface area contributed by atoms with Crippen molar-refractivity contribution in [1.29, 1.82) is 0 Å².